The van der Waals surface area contributed by atoms with E-state index in [2.05, 4.69) is 26.1 Å². The summed E-state index contributed by atoms with van der Waals surface area (Å²) in [4.78, 5) is 10.5. The minimum absolute atomic E-state index is 0.0795. The number of hydrogen-bond donors (Lipinski definition) is 2. The van der Waals surface area contributed by atoms with Crippen molar-refractivity contribution in [3.63, 3.8) is 0 Å². The Kier molecular flexibility index (Phi) is 4.69. The Hall–Kier alpha value is -2.68. The zero-order valence-electron chi connectivity index (χ0n) is 17.4. The van der Waals surface area contributed by atoms with E-state index in [-0.39, 0.29) is 11.4 Å². The predicted molar refractivity (Wildman–Crippen MR) is 117 cm³/mol. The van der Waals surface area contributed by atoms with Gasteiger partial charge in [0, 0.05) is 36.9 Å². The lowest BCUT2D eigenvalue weighted by Crippen LogP contribution is -2.37. The molecule has 1 aromatic carbocycles. The third-order valence-corrected chi connectivity index (χ3v) is 6.71. The topological polar surface area (TPSA) is 111 Å². The Morgan fingerprint density at radius 2 is 2.03 bits per heavy atom. The van der Waals surface area contributed by atoms with Crippen LogP contribution >= 0.6 is 11.6 Å². The lowest BCUT2D eigenvalue weighted by molar-refractivity contribution is 0.0556. The van der Waals surface area contributed by atoms with Gasteiger partial charge in [-0.3, -0.25) is 0 Å². The summed E-state index contributed by atoms with van der Waals surface area (Å²) in [7, 11) is 0. The molecule has 9 heteroatoms. The first-order valence-corrected chi connectivity index (χ1v) is 10.6. The zero-order chi connectivity index (χ0) is 21.8. The van der Waals surface area contributed by atoms with E-state index in [1.165, 1.54) is 11.8 Å². The van der Waals surface area contributed by atoms with Crippen LogP contribution in [0.1, 0.15) is 42.3 Å². The number of nitrogens with zero attached hydrogens (tertiary/aromatic N) is 4. The van der Waals surface area contributed by atoms with Gasteiger partial charge in [0.2, 0.25) is 5.95 Å². The van der Waals surface area contributed by atoms with Gasteiger partial charge in [-0.05, 0) is 43.9 Å². The van der Waals surface area contributed by atoms with E-state index >= 15 is 0 Å². The van der Waals surface area contributed by atoms with E-state index in [4.69, 9.17) is 26.6 Å². The summed E-state index contributed by atoms with van der Waals surface area (Å²) in [6.07, 6.45) is 3.31. The molecule has 0 amide bonds. The van der Waals surface area contributed by atoms with Crippen LogP contribution in [0.2, 0.25) is 5.02 Å². The smallest absolute Gasteiger partial charge is 0.222 e. The van der Waals surface area contributed by atoms with E-state index in [1.54, 1.807) is 13.0 Å². The van der Waals surface area contributed by atoms with Crippen LogP contribution in [0.4, 0.5) is 17.5 Å². The van der Waals surface area contributed by atoms with Crippen molar-refractivity contribution < 1.29 is 14.4 Å². The van der Waals surface area contributed by atoms with Crippen molar-refractivity contribution in [3.05, 3.63) is 58.1 Å². The Labute approximate surface area is 185 Å². The number of nitrogens with two attached hydrogens (primary N) is 1. The first-order chi connectivity index (χ1) is 14.8. The molecule has 1 atom stereocenters. The van der Waals surface area contributed by atoms with E-state index < -0.39 is 5.60 Å². The molecule has 2 aliphatic rings. The summed E-state index contributed by atoms with van der Waals surface area (Å²) >= 11 is 6.48. The van der Waals surface area contributed by atoms with Crippen molar-refractivity contribution >= 4 is 29.1 Å². The number of rotatable bonds is 3. The molecule has 0 aliphatic carbocycles. The van der Waals surface area contributed by atoms with Crippen LogP contribution in [0.5, 0.6) is 0 Å². The number of nitrogen functional groups attached to an aromatic ring is 1. The molecular formula is C22H24ClN5O3. The summed E-state index contributed by atoms with van der Waals surface area (Å²) < 4.78 is 11.0. The molecule has 0 saturated carbocycles. The number of aliphatic hydroxyl groups is 1. The number of hydrogen-bond acceptors (Lipinski definition) is 8. The highest BCUT2D eigenvalue weighted by atomic mass is 35.5. The molecule has 4 heterocycles. The maximum atomic E-state index is 11.3. The quantitative estimate of drug-likeness (QED) is 0.635. The number of anilines is 3. The molecule has 31 heavy (non-hydrogen) atoms. The third-order valence-electron chi connectivity index (χ3n) is 6.44. The fourth-order valence-electron chi connectivity index (χ4n) is 4.65. The summed E-state index contributed by atoms with van der Waals surface area (Å²) in [6.45, 7) is 5.63. The second-order valence-corrected chi connectivity index (χ2v) is 8.92. The van der Waals surface area contributed by atoms with Crippen LogP contribution in [0.25, 0.3) is 0 Å². The van der Waals surface area contributed by atoms with Gasteiger partial charge in [-0.1, -0.05) is 28.9 Å². The Morgan fingerprint density at radius 1 is 1.26 bits per heavy atom. The van der Waals surface area contributed by atoms with E-state index in [1.807, 2.05) is 19.1 Å². The highest BCUT2D eigenvalue weighted by molar-refractivity contribution is 6.33. The molecule has 0 bridgehead atoms. The third kappa shape index (κ3) is 3.26. The predicted octanol–water partition coefficient (Wildman–Crippen LogP) is 3.46. The van der Waals surface area contributed by atoms with Crippen LogP contribution in [-0.2, 0) is 15.8 Å². The molecule has 1 fully saturated rings. The Bertz CT molecular complexity index is 1140. The highest BCUT2D eigenvalue weighted by Crippen LogP contribution is 2.51. The second-order valence-electron chi connectivity index (χ2n) is 8.52. The lowest BCUT2D eigenvalue weighted by Gasteiger charge is -2.34. The minimum atomic E-state index is -1.35. The van der Waals surface area contributed by atoms with Crippen LogP contribution in [0.15, 0.2) is 35.0 Å². The van der Waals surface area contributed by atoms with Crippen LogP contribution in [-0.4, -0.2) is 40.0 Å². The molecule has 0 unspecified atom stereocenters. The molecule has 3 N–H and O–H groups in total. The fourth-order valence-corrected chi connectivity index (χ4v) is 4.85. The van der Waals surface area contributed by atoms with Gasteiger partial charge in [-0.2, -0.15) is 4.98 Å². The molecule has 162 valence electrons. The lowest BCUT2D eigenvalue weighted by atomic mass is 9.75. The fraction of sp³-hybridized carbons (Fsp3) is 0.409. The van der Waals surface area contributed by atoms with Gasteiger partial charge in [0.25, 0.3) is 0 Å². The van der Waals surface area contributed by atoms with Gasteiger partial charge < -0.3 is 25.0 Å². The van der Waals surface area contributed by atoms with Gasteiger partial charge in [0.05, 0.1) is 11.9 Å². The van der Waals surface area contributed by atoms with Crippen molar-refractivity contribution in [2.45, 2.75) is 37.7 Å². The Morgan fingerprint density at radius 3 is 2.74 bits per heavy atom. The number of aryl methyl sites for hydroxylation is 1. The number of halogens is 1. The summed E-state index contributed by atoms with van der Waals surface area (Å²) in [5.41, 5.74) is 7.98. The van der Waals surface area contributed by atoms with Crippen molar-refractivity contribution in [3.8, 4) is 0 Å². The molecule has 5 rings (SSSR count). The van der Waals surface area contributed by atoms with Gasteiger partial charge in [-0.25, -0.2) is 4.98 Å². The Balaban J connectivity index is 1.66. The molecule has 0 radical (unpaired) electrons. The number of ether oxygens (including phenoxy) is 1. The first kappa shape index (κ1) is 20.2. The monoisotopic (exact) mass is 441 g/mol. The second kappa shape index (κ2) is 7.19. The van der Waals surface area contributed by atoms with E-state index in [0.29, 0.717) is 47.6 Å². The van der Waals surface area contributed by atoms with Gasteiger partial charge in [0.1, 0.15) is 10.6 Å². The largest absolute Gasteiger partial charge is 0.381 e. The zero-order valence-corrected chi connectivity index (χ0v) is 18.2. The molecule has 8 nitrogen and oxygen atoms in total. The van der Waals surface area contributed by atoms with Crippen LogP contribution in [0.3, 0.4) is 0 Å². The molecule has 2 aliphatic heterocycles. The molecular weight excluding hydrogens is 418 g/mol. The first-order valence-electron chi connectivity index (χ1n) is 10.2. The van der Waals surface area contributed by atoms with E-state index in [0.717, 1.165) is 18.5 Å². The van der Waals surface area contributed by atoms with Crippen LogP contribution in [0, 0.1) is 6.92 Å². The summed E-state index contributed by atoms with van der Waals surface area (Å²) in [5.74, 6) is 1.11. The molecule has 1 spiro atoms. The average Bonchev–Trinajstić information content (AvgIpc) is 3.33. The maximum absolute atomic E-state index is 11.3. The van der Waals surface area contributed by atoms with Gasteiger partial charge >= 0.3 is 0 Å². The molecule has 2 aromatic heterocycles. The van der Waals surface area contributed by atoms with Crippen molar-refractivity contribution in [1.82, 2.24) is 15.1 Å². The minimum Gasteiger partial charge on any atom is -0.381 e. The number of fused-ring (bicyclic) bond motifs is 2. The molecule has 1 saturated heterocycles. The number of aromatic nitrogens is 3. The standard InChI is InChI=1S/C22H24ClN5O3/c1-13-9-18(31-27-13)21(2,29)14-3-4-15-17(10-14)28(12-22(15)5-7-30-8-6-22)19-16(23)11-25-20(24)26-19/h3-4,9-11,29H,5-8,12H2,1-2H3,(H2,24,25,26)/t21-/m1/s1. The molecule has 3 aromatic rings. The summed E-state index contributed by atoms with van der Waals surface area (Å²) in [6, 6.07) is 7.76. The number of benzene rings is 1. The normalized spacial score (nSPS) is 19.4. The summed E-state index contributed by atoms with van der Waals surface area (Å²) in [5, 5.41) is 15.7. The average molecular weight is 442 g/mol. The van der Waals surface area contributed by atoms with Crippen molar-refractivity contribution in [2.24, 2.45) is 0 Å². The maximum Gasteiger partial charge on any atom is 0.222 e. The van der Waals surface area contributed by atoms with Gasteiger partial charge in [-0.15, -0.1) is 0 Å². The van der Waals surface area contributed by atoms with Gasteiger partial charge in [0.15, 0.2) is 11.6 Å². The highest BCUT2D eigenvalue weighted by Gasteiger charge is 2.46. The van der Waals surface area contributed by atoms with Crippen LogP contribution < -0.4 is 10.6 Å². The SMILES string of the molecule is Cc1cc([C@](C)(O)c2ccc3c(c2)N(c2nc(N)ncc2Cl)CC32CCOCC2)on1. The van der Waals surface area contributed by atoms with Crippen molar-refractivity contribution in [2.75, 3.05) is 30.4 Å². The van der Waals surface area contributed by atoms with E-state index in [9.17, 15) is 5.11 Å². The van der Waals surface area contributed by atoms with Crippen molar-refractivity contribution in [1.29, 1.82) is 0 Å².